The summed E-state index contributed by atoms with van der Waals surface area (Å²) in [6.45, 7) is 3.92. The Kier molecular flexibility index (Phi) is 7.18. The van der Waals surface area contributed by atoms with Gasteiger partial charge in [0.05, 0.1) is 11.7 Å². The molecule has 2 aromatic carbocycles. The minimum absolute atomic E-state index is 0.00539. The van der Waals surface area contributed by atoms with Crippen molar-refractivity contribution in [1.29, 1.82) is 0 Å². The molecule has 8 nitrogen and oxygen atoms in total. The van der Waals surface area contributed by atoms with Crippen LogP contribution in [0.2, 0.25) is 0 Å². The number of amides is 2. The highest BCUT2D eigenvalue weighted by molar-refractivity contribution is 7.89. The molecule has 2 heterocycles. The topological polar surface area (TPSA) is 90.0 Å². The van der Waals surface area contributed by atoms with Crippen LogP contribution in [0.1, 0.15) is 12.0 Å². The standard InChI is InChI=1S/C24H29FN4O4S/c1-18-2-6-22(7-3-18)29-17-19(16-23(29)30)24(31)26-10-15-34(32,33)28-13-11-27(12-14-28)21-8-4-20(25)5-9-21/h2-9,19H,10-17H2,1H3,(H,26,31)/t19-/m0/s1. The highest BCUT2D eigenvalue weighted by atomic mass is 32.2. The molecule has 182 valence electrons. The van der Waals surface area contributed by atoms with Crippen LogP contribution in [0.15, 0.2) is 48.5 Å². The molecule has 0 bridgehead atoms. The Morgan fingerprint density at radius 2 is 1.62 bits per heavy atom. The number of benzene rings is 2. The van der Waals surface area contributed by atoms with Gasteiger partial charge >= 0.3 is 0 Å². The van der Waals surface area contributed by atoms with Crippen LogP contribution < -0.4 is 15.1 Å². The van der Waals surface area contributed by atoms with E-state index in [4.69, 9.17) is 0 Å². The molecule has 2 aliphatic heterocycles. The van der Waals surface area contributed by atoms with Gasteiger partial charge in [-0.05, 0) is 43.3 Å². The molecule has 0 saturated carbocycles. The van der Waals surface area contributed by atoms with Crippen molar-refractivity contribution in [2.24, 2.45) is 5.92 Å². The normalized spacial score (nSPS) is 19.5. The molecule has 34 heavy (non-hydrogen) atoms. The summed E-state index contributed by atoms with van der Waals surface area (Å²) in [5.74, 6) is -1.43. The second-order valence-electron chi connectivity index (χ2n) is 8.71. The molecule has 0 aliphatic carbocycles. The summed E-state index contributed by atoms with van der Waals surface area (Å²) in [6.07, 6.45) is 0.109. The molecule has 2 aliphatic rings. The Hall–Kier alpha value is -2.98. The van der Waals surface area contributed by atoms with E-state index in [1.165, 1.54) is 16.4 Å². The maximum Gasteiger partial charge on any atom is 0.227 e. The van der Waals surface area contributed by atoms with Gasteiger partial charge in [-0.2, -0.15) is 4.31 Å². The van der Waals surface area contributed by atoms with Gasteiger partial charge in [0.25, 0.3) is 0 Å². The van der Waals surface area contributed by atoms with Crippen LogP contribution in [0.3, 0.4) is 0 Å². The highest BCUT2D eigenvalue weighted by Crippen LogP contribution is 2.25. The van der Waals surface area contributed by atoms with Crippen LogP contribution in [-0.2, 0) is 19.6 Å². The number of aryl methyl sites for hydroxylation is 1. The summed E-state index contributed by atoms with van der Waals surface area (Å²) in [5.41, 5.74) is 2.70. The lowest BCUT2D eigenvalue weighted by atomic mass is 10.1. The minimum atomic E-state index is -3.53. The van der Waals surface area contributed by atoms with Crippen molar-refractivity contribution in [2.75, 3.05) is 54.8 Å². The van der Waals surface area contributed by atoms with Crippen molar-refractivity contribution in [1.82, 2.24) is 9.62 Å². The summed E-state index contributed by atoms with van der Waals surface area (Å²) in [6, 6.07) is 13.7. The third-order valence-electron chi connectivity index (χ3n) is 6.32. The number of nitrogens with one attached hydrogen (secondary N) is 1. The summed E-state index contributed by atoms with van der Waals surface area (Å²) < 4.78 is 40.0. The third-order valence-corrected chi connectivity index (χ3v) is 8.20. The lowest BCUT2D eigenvalue weighted by molar-refractivity contribution is -0.126. The van der Waals surface area contributed by atoms with E-state index in [1.807, 2.05) is 36.1 Å². The number of rotatable bonds is 7. The van der Waals surface area contributed by atoms with Gasteiger partial charge in [0.2, 0.25) is 21.8 Å². The third kappa shape index (κ3) is 5.56. The Morgan fingerprint density at radius 1 is 1.00 bits per heavy atom. The van der Waals surface area contributed by atoms with E-state index in [0.29, 0.717) is 26.2 Å². The minimum Gasteiger partial charge on any atom is -0.369 e. The molecule has 1 atom stereocenters. The smallest absolute Gasteiger partial charge is 0.227 e. The fourth-order valence-corrected chi connectivity index (χ4v) is 5.65. The first kappa shape index (κ1) is 24.2. The number of nitrogens with zero attached hydrogens (tertiary/aromatic N) is 3. The van der Waals surface area contributed by atoms with Crippen molar-refractivity contribution in [3.05, 3.63) is 59.9 Å². The van der Waals surface area contributed by atoms with Crippen LogP contribution in [0.4, 0.5) is 15.8 Å². The van der Waals surface area contributed by atoms with Crippen LogP contribution in [0, 0.1) is 18.7 Å². The SMILES string of the molecule is Cc1ccc(N2C[C@@H](C(=O)NCCS(=O)(=O)N3CCN(c4ccc(F)cc4)CC3)CC2=O)cc1. The molecular weight excluding hydrogens is 459 g/mol. The van der Waals surface area contributed by atoms with E-state index in [-0.39, 0.29) is 42.9 Å². The quantitative estimate of drug-likeness (QED) is 0.642. The first-order chi connectivity index (χ1) is 16.2. The second kappa shape index (κ2) is 10.1. The largest absolute Gasteiger partial charge is 0.369 e. The van der Waals surface area contributed by atoms with Crippen LogP contribution in [-0.4, -0.2) is 69.6 Å². The molecule has 1 N–H and O–H groups in total. The van der Waals surface area contributed by atoms with E-state index in [0.717, 1.165) is 16.9 Å². The fraction of sp³-hybridized carbons (Fsp3) is 0.417. The average Bonchev–Trinajstić information content (AvgIpc) is 3.22. The number of piperazine rings is 1. The van der Waals surface area contributed by atoms with Gasteiger partial charge in [-0.1, -0.05) is 17.7 Å². The van der Waals surface area contributed by atoms with Gasteiger partial charge in [-0.25, -0.2) is 12.8 Å². The van der Waals surface area contributed by atoms with Crippen molar-refractivity contribution in [3.8, 4) is 0 Å². The molecule has 2 fully saturated rings. The van der Waals surface area contributed by atoms with Crippen molar-refractivity contribution in [2.45, 2.75) is 13.3 Å². The number of carbonyl (C=O) groups is 2. The first-order valence-electron chi connectivity index (χ1n) is 11.4. The van der Waals surface area contributed by atoms with Crippen molar-refractivity contribution < 1.29 is 22.4 Å². The number of hydrogen-bond donors (Lipinski definition) is 1. The molecule has 0 aromatic heterocycles. The van der Waals surface area contributed by atoms with Gasteiger partial charge in [0.15, 0.2) is 0 Å². The summed E-state index contributed by atoms with van der Waals surface area (Å²) in [4.78, 5) is 28.6. The fourth-order valence-electron chi connectivity index (χ4n) is 4.31. The maximum atomic E-state index is 13.1. The predicted octanol–water partition coefficient (Wildman–Crippen LogP) is 1.76. The highest BCUT2D eigenvalue weighted by Gasteiger charge is 2.35. The zero-order valence-corrected chi connectivity index (χ0v) is 19.9. The van der Waals surface area contributed by atoms with Crippen LogP contribution >= 0.6 is 0 Å². The van der Waals surface area contributed by atoms with Gasteiger partial charge in [-0.3, -0.25) is 9.59 Å². The number of halogens is 1. The van der Waals surface area contributed by atoms with Crippen LogP contribution in [0.25, 0.3) is 0 Å². The van der Waals surface area contributed by atoms with Gasteiger partial charge in [-0.15, -0.1) is 0 Å². The second-order valence-corrected chi connectivity index (χ2v) is 10.8. The summed E-state index contributed by atoms with van der Waals surface area (Å²) >= 11 is 0. The Balaban J connectivity index is 1.23. The molecule has 4 rings (SSSR count). The summed E-state index contributed by atoms with van der Waals surface area (Å²) in [7, 11) is -3.53. The van der Waals surface area contributed by atoms with Crippen molar-refractivity contribution in [3.63, 3.8) is 0 Å². The zero-order valence-electron chi connectivity index (χ0n) is 19.1. The monoisotopic (exact) mass is 488 g/mol. The van der Waals surface area contributed by atoms with Gasteiger partial charge in [0.1, 0.15) is 5.82 Å². The number of anilines is 2. The van der Waals surface area contributed by atoms with E-state index >= 15 is 0 Å². The molecule has 0 spiro atoms. The van der Waals surface area contributed by atoms with E-state index in [9.17, 15) is 22.4 Å². The number of hydrogen-bond acceptors (Lipinski definition) is 5. The van der Waals surface area contributed by atoms with E-state index < -0.39 is 15.9 Å². The Morgan fingerprint density at radius 3 is 2.26 bits per heavy atom. The average molecular weight is 489 g/mol. The molecule has 2 aromatic rings. The number of carbonyl (C=O) groups excluding carboxylic acids is 2. The molecule has 2 saturated heterocycles. The molecule has 10 heteroatoms. The lowest BCUT2D eigenvalue weighted by Gasteiger charge is -2.35. The van der Waals surface area contributed by atoms with E-state index in [1.54, 1.807) is 17.0 Å². The first-order valence-corrected chi connectivity index (χ1v) is 13.0. The van der Waals surface area contributed by atoms with Gasteiger partial charge in [0, 0.05) is 57.1 Å². The Bertz CT molecular complexity index is 1130. The molecular formula is C24H29FN4O4S. The van der Waals surface area contributed by atoms with Crippen LogP contribution in [0.5, 0.6) is 0 Å². The van der Waals surface area contributed by atoms with Crippen molar-refractivity contribution >= 4 is 33.2 Å². The van der Waals surface area contributed by atoms with Gasteiger partial charge < -0.3 is 15.1 Å². The Labute approximate surface area is 199 Å². The predicted molar refractivity (Wildman–Crippen MR) is 129 cm³/mol. The summed E-state index contributed by atoms with van der Waals surface area (Å²) in [5, 5.41) is 2.69. The maximum absolute atomic E-state index is 13.1. The number of sulfonamides is 1. The molecule has 0 unspecified atom stereocenters. The zero-order chi connectivity index (χ0) is 24.3. The molecule has 0 radical (unpaired) electrons. The van der Waals surface area contributed by atoms with E-state index in [2.05, 4.69) is 5.32 Å². The molecule has 2 amide bonds. The lowest BCUT2D eigenvalue weighted by Crippen LogP contribution is -2.50.